The molecule has 1 aliphatic rings. The van der Waals surface area contributed by atoms with Gasteiger partial charge in [-0.1, -0.05) is 11.8 Å². The highest BCUT2D eigenvalue weighted by Gasteiger charge is 2.26. The number of primary amides is 1. The number of aliphatic hydroxyl groups is 1. The minimum absolute atomic E-state index is 0.0254. The maximum atomic E-state index is 14.3. The van der Waals surface area contributed by atoms with Gasteiger partial charge in [0.2, 0.25) is 0 Å². The van der Waals surface area contributed by atoms with E-state index in [9.17, 15) is 19.6 Å². The van der Waals surface area contributed by atoms with E-state index in [-0.39, 0.29) is 41.7 Å². The first-order valence-corrected chi connectivity index (χ1v) is 7.74. The van der Waals surface area contributed by atoms with Gasteiger partial charge in [0, 0.05) is 6.07 Å². The van der Waals surface area contributed by atoms with Crippen molar-refractivity contribution in [1.29, 1.82) is 5.26 Å². The van der Waals surface area contributed by atoms with Gasteiger partial charge in [0.05, 0.1) is 17.7 Å². The van der Waals surface area contributed by atoms with E-state index < -0.39 is 17.3 Å². The van der Waals surface area contributed by atoms with Gasteiger partial charge in [0.25, 0.3) is 5.91 Å². The van der Waals surface area contributed by atoms with Gasteiger partial charge in [0.15, 0.2) is 11.4 Å². The first-order chi connectivity index (χ1) is 12.2. The monoisotopic (exact) mass is 354 g/mol. The lowest BCUT2D eigenvalue weighted by Crippen LogP contribution is -2.15. The van der Waals surface area contributed by atoms with Gasteiger partial charge in [0.1, 0.15) is 35.7 Å². The zero-order valence-electron chi connectivity index (χ0n) is 14.1. The number of imidazole rings is 1. The van der Waals surface area contributed by atoms with E-state index >= 15 is 0 Å². The van der Waals surface area contributed by atoms with Crippen LogP contribution in [0.15, 0.2) is 12.1 Å². The highest BCUT2D eigenvalue weighted by molar-refractivity contribution is 5.94. The topological polar surface area (TPSA) is 114 Å². The van der Waals surface area contributed by atoms with Crippen molar-refractivity contribution in [3.8, 4) is 35.0 Å². The molecule has 1 aromatic carbocycles. The molecule has 132 valence electrons. The summed E-state index contributed by atoms with van der Waals surface area (Å²) in [6.07, 6.45) is 0. The number of halogens is 1. The number of benzene rings is 1. The second-order valence-corrected chi connectivity index (χ2v) is 6.25. The van der Waals surface area contributed by atoms with Gasteiger partial charge in [-0.3, -0.25) is 4.79 Å². The Balaban J connectivity index is 2.25. The van der Waals surface area contributed by atoms with Crippen molar-refractivity contribution in [2.75, 3.05) is 6.61 Å². The maximum absolute atomic E-state index is 14.3. The van der Waals surface area contributed by atoms with Crippen molar-refractivity contribution >= 4 is 5.91 Å². The van der Waals surface area contributed by atoms with Crippen LogP contribution >= 0.6 is 0 Å². The summed E-state index contributed by atoms with van der Waals surface area (Å²) in [6, 6.07) is 4.51. The van der Waals surface area contributed by atoms with Crippen molar-refractivity contribution < 1.29 is 19.0 Å². The molecule has 1 aromatic heterocycles. The second-order valence-electron chi connectivity index (χ2n) is 6.25. The van der Waals surface area contributed by atoms with Crippen LogP contribution in [0, 0.1) is 29.0 Å². The molecule has 0 unspecified atom stereocenters. The summed E-state index contributed by atoms with van der Waals surface area (Å²) in [5.74, 6) is 4.19. The van der Waals surface area contributed by atoms with Crippen LogP contribution in [0.25, 0.3) is 11.4 Å². The molecule has 8 heteroatoms. The maximum Gasteiger partial charge on any atom is 0.270 e. The lowest BCUT2D eigenvalue weighted by Gasteiger charge is -2.09. The van der Waals surface area contributed by atoms with E-state index in [0.717, 1.165) is 0 Å². The number of nitrogens with zero attached hydrogens (tertiary/aromatic N) is 3. The Labute approximate surface area is 148 Å². The van der Waals surface area contributed by atoms with Gasteiger partial charge in [-0.05, 0) is 19.9 Å². The van der Waals surface area contributed by atoms with Crippen LogP contribution in [0.4, 0.5) is 4.39 Å². The smallest absolute Gasteiger partial charge is 0.270 e. The van der Waals surface area contributed by atoms with Gasteiger partial charge in [-0.25, -0.2) is 9.37 Å². The molecule has 1 aliphatic heterocycles. The van der Waals surface area contributed by atoms with Gasteiger partial charge in [-0.15, -0.1) is 0 Å². The van der Waals surface area contributed by atoms with Crippen LogP contribution in [0.1, 0.15) is 35.6 Å². The molecular formula is C18H15FN4O3. The number of hydrogen-bond donors (Lipinski definition) is 2. The minimum Gasteiger partial charge on any atom is -0.491 e. The normalized spacial score (nSPS) is 12.6. The number of carbonyl (C=O) groups excluding carboxylic acids is 1. The molecule has 2 heterocycles. The van der Waals surface area contributed by atoms with Crippen molar-refractivity contribution in [3.63, 3.8) is 0 Å². The van der Waals surface area contributed by atoms with E-state index in [1.807, 2.05) is 6.07 Å². The Morgan fingerprint density at radius 1 is 1.50 bits per heavy atom. The zero-order valence-corrected chi connectivity index (χ0v) is 14.1. The van der Waals surface area contributed by atoms with Crippen LogP contribution in [-0.2, 0) is 6.54 Å². The SMILES string of the molecule is CC(C)(O)C#Cc1cc2c(cc1F)OCCn1c-2nc(C(N)=O)c1C#N. The summed E-state index contributed by atoms with van der Waals surface area (Å²) in [6.45, 7) is 3.38. The Kier molecular flexibility index (Phi) is 4.15. The van der Waals surface area contributed by atoms with Gasteiger partial charge < -0.3 is 20.1 Å². The fraction of sp³-hybridized carbons (Fsp3) is 0.278. The van der Waals surface area contributed by atoms with Crippen LogP contribution in [-0.4, -0.2) is 32.8 Å². The molecule has 1 amide bonds. The Morgan fingerprint density at radius 2 is 2.23 bits per heavy atom. The fourth-order valence-electron chi connectivity index (χ4n) is 2.57. The van der Waals surface area contributed by atoms with Gasteiger partial charge in [-0.2, -0.15) is 5.26 Å². The summed E-state index contributed by atoms with van der Waals surface area (Å²) >= 11 is 0. The first-order valence-electron chi connectivity index (χ1n) is 7.74. The second kappa shape index (κ2) is 6.17. The molecule has 0 fully saturated rings. The predicted octanol–water partition coefficient (Wildman–Crippen LogP) is 1.17. The number of carbonyl (C=O) groups is 1. The third kappa shape index (κ3) is 3.10. The Bertz CT molecular complexity index is 1020. The summed E-state index contributed by atoms with van der Waals surface area (Å²) < 4.78 is 21.4. The molecule has 2 aromatic rings. The molecule has 0 atom stereocenters. The number of hydrogen-bond acceptors (Lipinski definition) is 5. The third-order valence-corrected chi connectivity index (χ3v) is 3.69. The number of fused-ring (bicyclic) bond motifs is 3. The molecule has 0 saturated heterocycles. The molecule has 0 bridgehead atoms. The van der Waals surface area contributed by atoms with Gasteiger partial charge >= 0.3 is 0 Å². The molecule has 26 heavy (non-hydrogen) atoms. The molecule has 0 aliphatic carbocycles. The lowest BCUT2D eigenvalue weighted by atomic mass is 10.1. The molecule has 0 spiro atoms. The third-order valence-electron chi connectivity index (χ3n) is 3.69. The van der Waals surface area contributed by atoms with E-state index in [1.165, 1.54) is 30.5 Å². The van der Waals surface area contributed by atoms with E-state index in [2.05, 4.69) is 16.8 Å². The molecular weight excluding hydrogens is 339 g/mol. The standard InChI is InChI=1S/C18H15FN4O3/c1-18(2,25)4-3-10-7-11-14(8-12(10)19)26-6-5-23-13(9-20)15(16(21)24)22-17(11)23/h7-8,25H,5-6H2,1-2H3,(H2,21,24). The molecule has 3 N–H and O–H groups in total. The molecule has 7 nitrogen and oxygen atoms in total. The summed E-state index contributed by atoms with van der Waals surface area (Å²) in [4.78, 5) is 15.8. The fourth-order valence-corrected chi connectivity index (χ4v) is 2.57. The quantitative estimate of drug-likeness (QED) is 0.746. The van der Waals surface area contributed by atoms with Crippen molar-refractivity contribution in [2.24, 2.45) is 5.73 Å². The number of nitrogens with two attached hydrogens (primary N) is 1. The predicted molar refractivity (Wildman–Crippen MR) is 89.5 cm³/mol. The highest BCUT2D eigenvalue weighted by atomic mass is 19.1. The summed E-state index contributed by atoms with van der Waals surface area (Å²) in [5.41, 5.74) is 4.30. The van der Waals surface area contributed by atoms with Crippen molar-refractivity contribution in [1.82, 2.24) is 9.55 Å². The highest BCUT2D eigenvalue weighted by Crippen LogP contribution is 2.35. The number of ether oxygens (including phenoxy) is 1. The zero-order chi connectivity index (χ0) is 19.1. The van der Waals surface area contributed by atoms with Crippen LogP contribution < -0.4 is 10.5 Å². The number of aromatic nitrogens is 2. The Hall–Kier alpha value is -3.36. The molecule has 0 saturated carbocycles. The van der Waals surface area contributed by atoms with Crippen molar-refractivity contribution in [2.45, 2.75) is 26.0 Å². The van der Waals surface area contributed by atoms with Crippen LogP contribution in [0.2, 0.25) is 0 Å². The number of rotatable bonds is 1. The van der Waals surface area contributed by atoms with E-state index in [0.29, 0.717) is 5.56 Å². The Morgan fingerprint density at radius 3 is 2.85 bits per heavy atom. The summed E-state index contributed by atoms with van der Waals surface area (Å²) in [7, 11) is 0. The number of nitriles is 1. The number of amides is 1. The lowest BCUT2D eigenvalue weighted by molar-refractivity contribution is 0.0995. The van der Waals surface area contributed by atoms with Crippen LogP contribution in [0.3, 0.4) is 0 Å². The van der Waals surface area contributed by atoms with Crippen LogP contribution in [0.5, 0.6) is 5.75 Å². The average Bonchev–Trinajstić information content (AvgIpc) is 2.83. The average molecular weight is 354 g/mol. The molecule has 3 rings (SSSR count). The minimum atomic E-state index is -1.29. The largest absolute Gasteiger partial charge is 0.491 e. The van der Waals surface area contributed by atoms with Crippen molar-refractivity contribution in [3.05, 3.63) is 34.9 Å². The summed E-state index contributed by atoms with van der Waals surface area (Å²) in [5, 5.41) is 19.1. The van der Waals surface area contributed by atoms with E-state index in [1.54, 1.807) is 0 Å². The molecule has 0 radical (unpaired) electrons. The van der Waals surface area contributed by atoms with E-state index in [4.69, 9.17) is 10.5 Å². The first kappa shape index (κ1) is 17.5.